The van der Waals surface area contributed by atoms with Crippen LogP contribution in [0.3, 0.4) is 0 Å². The largest absolute Gasteiger partial charge is 0.467 e. The number of benzene rings is 1. The van der Waals surface area contributed by atoms with Crippen LogP contribution >= 0.6 is 11.8 Å². The molecule has 1 atom stereocenters. The summed E-state index contributed by atoms with van der Waals surface area (Å²) in [6.07, 6.45) is 2.34. The van der Waals surface area contributed by atoms with Crippen molar-refractivity contribution in [2.75, 3.05) is 12.4 Å². The summed E-state index contributed by atoms with van der Waals surface area (Å²) in [4.78, 5) is 36.7. The van der Waals surface area contributed by atoms with Gasteiger partial charge in [0.2, 0.25) is 5.91 Å². The summed E-state index contributed by atoms with van der Waals surface area (Å²) < 4.78 is 10.3. The molecular formula is C20H24N2O5S. The first kappa shape index (κ1) is 21.6. The van der Waals surface area contributed by atoms with E-state index in [0.29, 0.717) is 22.8 Å². The zero-order valence-electron chi connectivity index (χ0n) is 15.9. The van der Waals surface area contributed by atoms with Crippen LogP contribution in [0.25, 0.3) is 0 Å². The molecule has 0 saturated heterocycles. The van der Waals surface area contributed by atoms with Gasteiger partial charge in [-0.15, -0.1) is 11.8 Å². The molecule has 0 unspecified atom stereocenters. The van der Waals surface area contributed by atoms with Gasteiger partial charge in [0, 0.05) is 10.9 Å². The van der Waals surface area contributed by atoms with Gasteiger partial charge >= 0.3 is 5.97 Å². The molecular weight excluding hydrogens is 380 g/mol. The first-order valence-corrected chi connectivity index (χ1v) is 9.95. The van der Waals surface area contributed by atoms with Crippen molar-refractivity contribution in [2.45, 2.75) is 37.8 Å². The van der Waals surface area contributed by atoms with E-state index in [1.54, 1.807) is 42.7 Å². The summed E-state index contributed by atoms with van der Waals surface area (Å²) in [7, 11) is 0. The van der Waals surface area contributed by atoms with Crippen LogP contribution in [-0.4, -0.2) is 36.2 Å². The highest BCUT2D eigenvalue weighted by Crippen LogP contribution is 2.23. The minimum Gasteiger partial charge on any atom is -0.467 e. The van der Waals surface area contributed by atoms with E-state index in [-0.39, 0.29) is 30.2 Å². The van der Waals surface area contributed by atoms with Crippen LogP contribution in [-0.2, 0) is 20.9 Å². The quantitative estimate of drug-likeness (QED) is 0.467. The average molecular weight is 404 g/mol. The van der Waals surface area contributed by atoms with Crippen molar-refractivity contribution in [1.29, 1.82) is 0 Å². The van der Waals surface area contributed by atoms with E-state index in [1.807, 2.05) is 13.8 Å². The smallest absolute Gasteiger partial charge is 0.339 e. The van der Waals surface area contributed by atoms with Gasteiger partial charge in [-0.25, -0.2) is 4.79 Å². The Labute approximate surface area is 168 Å². The maximum absolute atomic E-state index is 12.3. The molecule has 150 valence electrons. The van der Waals surface area contributed by atoms with Crippen molar-refractivity contribution in [3.8, 4) is 0 Å². The molecule has 0 aliphatic carbocycles. The SMILES string of the molecule is CC[C@H](C)NC(=O)COC(=O)c1ccccc1SCC(=O)NCc1ccco1. The van der Waals surface area contributed by atoms with Crippen LogP contribution in [0.4, 0.5) is 0 Å². The highest BCUT2D eigenvalue weighted by molar-refractivity contribution is 8.00. The second-order valence-electron chi connectivity index (χ2n) is 6.09. The molecule has 0 saturated carbocycles. The summed E-state index contributed by atoms with van der Waals surface area (Å²) >= 11 is 1.23. The molecule has 1 aromatic carbocycles. The highest BCUT2D eigenvalue weighted by atomic mass is 32.2. The number of furan rings is 1. The predicted octanol–water partition coefficient (Wildman–Crippen LogP) is 2.76. The number of hydrogen-bond donors (Lipinski definition) is 2. The maximum Gasteiger partial charge on any atom is 0.339 e. The minimum absolute atomic E-state index is 0.0220. The summed E-state index contributed by atoms with van der Waals surface area (Å²) in [5.74, 6) is -0.321. The van der Waals surface area contributed by atoms with E-state index >= 15 is 0 Å². The number of ether oxygens (including phenoxy) is 1. The number of nitrogens with one attached hydrogen (secondary N) is 2. The van der Waals surface area contributed by atoms with Crippen molar-refractivity contribution < 1.29 is 23.5 Å². The Bertz CT molecular complexity index is 792. The standard InChI is InChI=1S/C20H24N2O5S/c1-3-14(2)22-18(23)12-27-20(25)16-8-4-5-9-17(16)28-13-19(24)21-11-15-7-6-10-26-15/h4-10,14H,3,11-13H2,1-2H3,(H,21,24)(H,22,23)/t14-/m0/s1. The Morgan fingerprint density at radius 3 is 2.64 bits per heavy atom. The van der Waals surface area contributed by atoms with Gasteiger partial charge in [-0.05, 0) is 37.6 Å². The molecule has 7 nitrogen and oxygen atoms in total. The van der Waals surface area contributed by atoms with Gasteiger partial charge in [-0.1, -0.05) is 19.1 Å². The topological polar surface area (TPSA) is 97.6 Å². The maximum atomic E-state index is 12.3. The summed E-state index contributed by atoms with van der Waals surface area (Å²) in [6.45, 7) is 3.80. The molecule has 0 aliphatic rings. The number of rotatable bonds is 10. The van der Waals surface area contributed by atoms with E-state index in [1.165, 1.54) is 11.8 Å². The van der Waals surface area contributed by atoms with Crippen molar-refractivity contribution >= 4 is 29.5 Å². The van der Waals surface area contributed by atoms with E-state index in [9.17, 15) is 14.4 Å². The lowest BCUT2D eigenvalue weighted by Gasteiger charge is -2.12. The van der Waals surface area contributed by atoms with Crippen LogP contribution in [0.2, 0.25) is 0 Å². The molecule has 0 radical (unpaired) electrons. The molecule has 2 N–H and O–H groups in total. The predicted molar refractivity (Wildman–Crippen MR) is 106 cm³/mol. The molecule has 2 amide bonds. The molecule has 8 heteroatoms. The Balaban J connectivity index is 1.84. The van der Waals surface area contributed by atoms with Gasteiger partial charge in [-0.2, -0.15) is 0 Å². The van der Waals surface area contributed by atoms with E-state index in [2.05, 4.69) is 10.6 Å². The van der Waals surface area contributed by atoms with Crippen LogP contribution in [0.5, 0.6) is 0 Å². The van der Waals surface area contributed by atoms with Crippen LogP contribution in [0.1, 0.15) is 36.4 Å². The Kier molecular flexibility index (Phi) is 8.61. The van der Waals surface area contributed by atoms with Crippen molar-refractivity contribution in [2.24, 2.45) is 0 Å². The summed E-state index contributed by atoms with van der Waals surface area (Å²) in [6, 6.07) is 10.4. The molecule has 0 aliphatic heterocycles. The number of esters is 1. The second-order valence-corrected chi connectivity index (χ2v) is 7.11. The first-order chi connectivity index (χ1) is 13.5. The summed E-state index contributed by atoms with van der Waals surface area (Å²) in [5, 5.41) is 5.48. The fraction of sp³-hybridized carbons (Fsp3) is 0.350. The zero-order valence-corrected chi connectivity index (χ0v) is 16.7. The fourth-order valence-corrected chi connectivity index (χ4v) is 3.05. The number of thioether (sulfide) groups is 1. The monoisotopic (exact) mass is 404 g/mol. The lowest BCUT2D eigenvalue weighted by Crippen LogP contribution is -2.35. The molecule has 2 rings (SSSR count). The number of hydrogen-bond acceptors (Lipinski definition) is 6. The molecule has 0 fully saturated rings. The third kappa shape index (κ3) is 7.11. The number of carbonyl (C=O) groups is 3. The lowest BCUT2D eigenvalue weighted by atomic mass is 10.2. The Morgan fingerprint density at radius 2 is 1.93 bits per heavy atom. The summed E-state index contributed by atoms with van der Waals surface area (Å²) in [5.41, 5.74) is 0.322. The van der Waals surface area contributed by atoms with E-state index < -0.39 is 5.97 Å². The third-order valence-electron chi connectivity index (χ3n) is 3.86. The number of amides is 2. The fourth-order valence-electron chi connectivity index (χ4n) is 2.18. The van der Waals surface area contributed by atoms with Gasteiger partial charge in [-0.3, -0.25) is 9.59 Å². The third-order valence-corrected chi connectivity index (χ3v) is 4.93. The number of carbonyl (C=O) groups excluding carboxylic acids is 3. The minimum atomic E-state index is -0.599. The molecule has 28 heavy (non-hydrogen) atoms. The highest BCUT2D eigenvalue weighted by Gasteiger charge is 2.16. The first-order valence-electron chi connectivity index (χ1n) is 8.97. The molecule has 0 bridgehead atoms. The Hall–Kier alpha value is -2.74. The normalized spacial score (nSPS) is 11.5. The Morgan fingerprint density at radius 1 is 1.14 bits per heavy atom. The zero-order chi connectivity index (χ0) is 20.4. The molecule has 0 spiro atoms. The van der Waals surface area contributed by atoms with Gasteiger partial charge in [0.15, 0.2) is 6.61 Å². The van der Waals surface area contributed by atoms with Crippen molar-refractivity contribution in [3.63, 3.8) is 0 Å². The molecule has 1 heterocycles. The van der Waals surface area contributed by atoms with E-state index in [4.69, 9.17) is 9.15 Å². The van der Waals surface area contributed by atoms with Gasteiger partial charge in [0.25, 0.3) is 5.91 Å². The van der Waals surface area contributed by atoms with Crippen LogP contribution < -0.4 is 10.6 Å². The average Bonchev–Trinajstić information content (AvgIpc) is 3.22. The van der Waals surface area contributed by atoms with Crippen LogP contribution in [0.15, 0.2) is 52.0 Å². The molecule has 2 aromatic rings. The van der Waals surface area contributed by atoms with Crippen LogP contribution in [0, 0.1) is 0 Å². The van der Waals surface area contributed by atoms with Crippen molar-refractivity contribution in [1.82, 2.24) is 10.6 Å². The van der Waals surface area contributed by atoms with Gasteiger partial charge < -0.3 is 19.8 Å². The second kappa shape index (κ2) is 11.2. The van der Waals surface area contributed by atoms with E-state index in [0.717, 1.165) is 6.42 Å². The van der Waals surface area contributed by atoms with Gasteiger partial charge in [0.05, 0.1) is 24.1 Å². The molecule has 1 aromatic heterocycles. The van der Waals surface area contributed by atoms with Crippen molar-refractivity contribution in [3.05, 3.63) is 54.0 Å². The lowest BCUT2D eigenvalue weighted by molar-refractivity contribution is -0.124. The van der Waals surface area contributed by atoms with Gasteiger partial charge in [0.1, 0.15) is 5.76 Å².